The molecule has 6 aromatic rings. The van der Waals surface area contributed by atoms with Crippen LogP contribution in [0.4, 0.5) is 0 Å². The number of ether oxygens (including phenoxy) is 3. The van der Waals surface area contributed by atoms with Crippen molar-refractivity contribution in [1.82, 2.24) is 29.7 Å². The van der Waals surface area contributed by atoms with Gasteiger partial charge in [0.05, 0.1) is 31.3 Å². The van der Waals surface area contributed by atoms with Gasteiger partial charge in [-0.05, 0) is 116 Å². The molecule has 0 spiro atoms. The summed E-state index contributed by atoms with van der Waals surface area (Å²) in [5.41, 5.74) is 5.34. The van der Waals surface area contributed by atoms with Crippen LogP contribution in [0.5, 0.6) is 17.2 Å². The zero-order valence-corrected chi connectivity index (χ0v) is 48.5. The number of aromatic nitrogens is 3. The standard InChI is InChI=1S/C60H67N6O11P3/c1-7-8-9-10-53-42-65(40-51-34-48(37-58(62-51)79(5,71)72)14-11-44-17-23-54(75-2)24-18-44)30-29-64(39-50-33-47(36-57(61-50)78(4,69)70)15-13-46-21-27-56(28-22-46)77-43-60(67)68)31-32-66(53)41-52-35-49(38-59(63-52)80(6,73)74)16-12-45-19-25-55(76-3)26-20-45/h17-28,33-38,53H,7-10,29-32,39-43H2,1-6H3,(H,67,68)(H,69,70)(H,71,72)(H,73,74)/t53-/m0/s1. The average Bonchev–Trinajstić information content (AvgIpc) is 3.51. The Hall–Kier alpha value is -6.89. The molecule has 1 fully saturated rings. The van der Waals surface area contributed by atoms with Crippen LogP contribution in [0.3, 0.4) is 0 Å². The molecular formula is C60H67N6O11P3. The van der Waals surface area contributed by atoms with E-state index in [1.807, 2.05) is 60.7 Å². The summed E-state index contributed by atoms with van der Waals surface area (Å²) in [4.78, 5) is 64.9. The van der Waals surface area contributed by atoms with Gasteiger partial charge in [-0.15, -0.1) is 0 Å². The van der Waals surface area contributed by atoms with Crippen molar-refractivity contribution in [1.29, 1.82) is 0 Å². The first-order valence-corrected chi connectivity index (χ1v) is 32.4. The highest BCUT2D eigenvalue weighted by Gasteiger charge is 2.28. The van der Waals surface area contributed by atoms with Crippen molar-refractivity contribution in [2.45, 2.75) is 58.3 Å². The normalized spacial score (nSPS) is 16.4. The molecule has 17 nitrogen and oxygen atoms in total. The highest BCUT2D eigenvalue weighted by atomic mass is 31.2. The van der Waals surface area contributed by atoms with Gasteiger partial charge in [-0.3, -0.25) is 28.4 Å². The van der Waals surface area contributed by atoms with E-state index in [0.717, 1.165) is 36.8 Å². The minimum absolute atomic E-state index is 0.00289. The van der Waals surface area contributed by atoms with Gasteiger partial charge in [0.2, 0.25) is 22.1 Å². The molecule has 0 radical (unpaired) electrons. The molecule has 20 heteroatoms. The Morgan fingerprint density at radius 1 is 0.537 bits per heavy atom. The lowest BCUT2D eigenvalue weighted by Gasteiger charge is -2.35. The van der Waals surface area contributed by atoms with Crippen molar-refractivity contribution in [2.24, 2.45) is 0 Å². The van der Waals surface area contributed by atoms with E-state index in [0.29, 0.717) is 102 Å². The molecule has 0 amide bonds. The van der Waals surface area contributed by atoms with Gasteiger partial charge in [0.1, 0.15) is 33.6 Å². The first-order valence-electron chi connectivity index (χ1n) is 26.1. The van der Waals surface area contributed by atoms with Gasteiger partial charge in [-0.1, -0.05) is 61.7 Å². The quantitative estimate of drug-likeness (QED) is 0.0390. The molecule has 0 aliphatic carbocycles. The molecule has 4 heterocycles. The SMILES string of the molecule is CCCCC[C@H]1CN(Cc2cc(C#Cc3ccc(OC)cc3)cc(P(C)(=O)O)n2)CCN(Cc2cc(C#Cc3ccc(OCC(=O)O)cc3)cc(P(C)(=O)O)n2)CCN1Cc1cc(C#Cc2ccc(OC)cc2)cc(P(C)(=O)O)n1. The number of hydrogen-bond acceptors (Lipinski definition) is 13. The molecule has 1 aliphatic heterocycles. The van der Waals surface area contributed by atoms with Crippen molar-refractivity contribution in [2.75, 3.05) is 73.5 Å². The number of nitrogens with zero attached hydrogens (tertiary/aromatic N) is 6. The first-order chi connectivity index (χ1) is 38.1. The van der Waals surface area contributed by atoms with Crippen LogP contribution in [0, 0.1) is 35.5 Å². The maximum Gasteiger partial charge on any atom is 0.341 e. The van der Waals surface area contributed by atoms with Gasteiger partial charge in [0.15, 0.2) is 6.61 Å². The minimum atomic E-state index is -3.88. The molecule has 4 atom stereocenters. The lowest BCUT2D eigenvalue weighted by molar-refractivity contribution is -0.139. The molecule has 7 rings (SSSR count). The lowest BCUT2D eigenvalue weighted by atomic mass is 10.0. The van der Waals surface area contributed by atoms with E-state index < -0.39 is 34.7 Å². The third kappa shape index (κ3) is 18.9. The van der Waals surface area contributed by atoms with Crippen molar-refractivity contribution in [3.05, 3.63) is 160 Å². The fraction of sp³-hybridized carbons (Fsp3) is 0.333. The highest BCUT2D eigenvalue weighted by Crippen LogP contribution is 2.35. The summed E-state index contributed by atoms with van der Waals surface area (Å²) in [6.07, 6.45) is 3.71. The number of aliphatic carboxylic acids is 1. The maximum absolute atomic E-state index is 13.4. The number of unbranched alkanes of at least 4 members (excludes halogenated alkanes) is 2. The van der Waals surface area contributed by atoms with Crippen LogP contribution in [0.2, 0.25) is 0 Å². The summed E-state index contributed by atoms with van der Waals surface area (Å²) in [7, 11) is -8.39. The zero-order chi connectivity index (χ0) is 57.5. The fourth-order valence-corrected chi connectivity index (χ4v) is 10.9. The van der Waals surface area contributed by atoms with E-state index in [1.165, 1.54) is 26.1 Å². The summed E-state index contributed by atoms with van der Waals surface area (Å²) >= 11 is 0. The second-order valence-electron chi connectivity index (χ2n) is 19.8. The molecule has 3 unspecified atom stereocenters. The van der Waals surface area contributed by atoms with Crippen molar-refractivity contribution < 1.29 is 52.5 Å². The summed E-state index contributed by atoms with van der Waals surface area (Å²) in [5.74, 6) is 19.6. The molecule has 3 aromatic carbocycles. The topological polar surface area (TPSA) is 225 Å². The summed E-state index contributed by atoms with van der Waals surface area (Å²) in [6.45, 7) is 8.94. The van der Waals surface area contributed by atoms with Crippen LogP contribution in [0.15, 0.2) is 109 Å². The first kappa shape index (κ1) is 60.7. The number of hydrogen-bond donors (Lipinski definition) is 4. The van der Waals surface area contributed by atoms with Gasteiger partial charge in [-0.2, -0.15) is 0 Å². The molecule has 0 saturated carbocycles. The molecule has 80 heavy (non-hydrogen) atoms. The van der Waals surface area contributed by atoms with Crippen LogP contribution in [0.25, 0.3) is 0 Å². The van der Waals surface area contributed by atoms with E-state index >= 15 is 0 Å². The summed E-state index contributed by atoms with van der Waals surface area (Å²) in [5, 5.41) is 9.00. The van der Waals surface area contributed by atoms with E-state index in [1.54, 1.807) is 56.7 Å². The largest absolute Gasteiger partial charge is 0.497 e. The van der Waals surface area contributed by atoms with Gasteiger partial charge < -0.3 is 34.0 Å². The molecular weight excluding hydrogens is 1070 g/mol. The van der Waals surface area contributed by atoms with E-state index in [2.05, 4.69) is 57.1 Å². The minimum Gasteiger partial charge on any atom is -0.497 e. The number of carbonyl (C=O) groups is 1. The van der Waals surface area contributed by atoms with Crippen LogP contribution in [-0.2, 0) is 38.1 Å². The van der Waals surface area contributed by atoms with Gasteiger partial charge in [0.25, 0.3) is 0 Å². The van der Waals surface area contributed by atoms with Crippen LogP contribution >= 0.6 is 22.1 Å². The molecule has 4 N–H and O–H groups in total. The number of methoxy groups -OCH3 is 2. The average molecular weight is 1140 g/mol. The Morgan fingerprint density at radius 3 is 1.31 bits per heavy atom. The second-order valence-corrected chi connectivity index (χ2v) is 26.4. The number of carboxylic acid groups (broad SMARTS) is 1. The van der Waals surface area contributed by atoms with E-state index in [-0.39, 0.29) is 28.9 Å². The maximum atomic E-state index is 13.4. The highest BCUT2D eigenvalue weighted by molar-refractivity contribution is 7.65. The van der Waals surface area contributed by atoms with Crippen molar-refractivity contribution in [3.8, 4) is 52.8 Å². The number of rotatable bonds is 18. The zero-order valence-electron chi connectivity index (χ0n) is 45.8. The van der Waals surface area contributed by atoms with Gasteiger partial charge in [-0.25, -0.2) is 19.7 Å². The van der Waals surface area contributed by atoms with Crippen molar-refractivity contribution >= 4 is 44.4 Å². The lowest BCUT2D eigenvalue weighted by Crippen LogP contribution is -2.44. The molecule has 0 bridgehead atoms. The van der Waals surface area contributed by atoms with E-state index in [4.69, 9.17) is 34.3 Å². The predicted octanol–water partition coefficient (Wildman–Crippen LogP) is 6.90. The monoisotopic (exact) mass is 1140 g/mol. The van der Waals surface area contributed by atoms with Gasteiger partial charge >= 0.3 is 5.97 Å². The Kier molecular flexibility index (Phi) is 21.3. The Bertz CT molecular complexity index is 3470. The van der Waals surface area contributed by atoms with Crippen LogP contribution < -0.4 is 30.5 Å². The van der Waals surface area contributed by atoms with Gasteiger partial charge in [0, 0.05) is 112 Å². The van der Waals surface area contributed by atoms with Crippen LogP contribution in [0.1, 0.15) is 83.1 Å². The third-order valence-electron chi connectivity index (χ3n) is 13.0. The Labute approximate surface area is 468 Å². The third-order valence-corrected chi connectivity index (χ3v) is 16.3. The van der Waals surface area contributed by atoms with Crippen LogP contribution in [-0.4, -0.2) is 135 Å². The Morgan fingerprint density at radius 2 is 0.912 bits per heavy atom. The molecule has 418 valence electrons. The molecule has 3 aromatic heterocycles. The second kappa shape index (κ2) is 28.0. The Balaban J connectivity index is 1.28. The number of carboxylic acids is 1. The fourth-order valence-electron chi connectivity index (χ4n) is 8.81. The summed E-state index contributed by atoms with van der Waals surface area (Å²) in [6, 6.07) is 31.3. The molecule has 1 saturated heterocycles. The molecule has 1 aliphatic rings. The van der Waals surface area contributed by atoms with E-state index in [9.17, 15) is 33.2 Å². The summed E-state index contributed by atoms with van der Waals surface area (Å²) < 4.78 is 55.9. The number of benzene rings is 3. The van der Waals surface area contributed by atoms with Crippen molar-refractivity contribution in [3.63, 3.8) is 0 Å². The smallest absolute Gasteiger partial charge is 0.341 e. The number of pyridine rings is 3. The predicted molar refractivity (Wildman–Crippen MR) is 311 cm³/mol.